The van der Waals surface area contributed by atoms with E-state index in [1.165, 1.54) is 12.1 Å². The summed E-state index contributed by atoms with van der Waals surface area (Å²) < 4.78 is 19.0. The Labute approximate surface area is 194 Å². The lowest BCUT2D eigenvalue weighted by Gasteiger charge is -2.31. The molecule has 174 valence electrons. The summed E-state index contributed by atoms with van der Waals surface area (Å²) in [5.74, 6) is 0.0341. The summed E-state index contributed by atoms with van der Waals surface area (Å²) in [6.45, 7) is 6.42. The average Bonchev–Trinajstić information content (AvgIpc) is 2.78. The van der Waals surface area contributed by atoms with E-state index >= 15 is 0 Å². The number of carbonyl (C=O) groups excluding carboxylic acids is 2. The zero-order valence-electron chi connectivity index (χ0n) is 18.9. The highest BCUT2D eigenvalue weighted by Gasteiger charge is 2.28. The van der Waals surface area contributed by atoms with E-state index in [4.69, 9.17) is 16.3 Å². The zero-order chi connectivity index (χ0) is 23.5. The number of hydrogen-bond donors (Lipinski definition) is 1. The molecule has 0 radical (unpaired) electrons. The predicted octanol–water partition coefficient (Wildman–Crippen LogP) is 5.36. The second-order valence-electron chi connectivity index (χ2n) is 7.80. The molecule has 0 aliphatic rings. The second kappa shape index (κ2) is 13.1. The van der Waals surface area contributed by atoms with Gasteiger partial charge in [-0.15, -0.1) is 0 Å². The van der Waals surface area contributed by atoms with E-state index in [0.717, 1.165) is 12.0 Å². The fourth-order valence-electron chi connectivity index (χ4n) is 3.23. The van der Waals surface area contributed by atoms with Crippen LogP contribution in [0.4, 0.5) is 4.39 Å². The van der Waals surface area contributed by atoms with E-state index in [-0.39, 0.29) is 36.6 Å². The number of nitrogens with one attached hydrogen (secondary N) is 1. The number of benzene rings is 2. The number of ether oxygens (including phenoxy) is 1. The molecule has 32 heavy (non-hydrogen) atoms. The van der Waals surface area contributed by atoms with Crippen LogP contribution in [0.25, 0.3) is 0 Å². The molecule has 2 rings (SSSR count). The van der Waals surface area contributed by atoms with Crippen LogP contribution in [0, 0.1) is 5.82 Å². The van der Waals surface area contributed by atoms with Gasteiger partial charge in [-0.05, 0) is 68.1 Å². The maximum Gasteiger partial charge on any atom is 0.243 e. The van der Waals surface area contributed by atoms with Crippen LogP contribution in [-0.2, 0) is 16.1 Å². The molecular weight excluding hydrogens is 431 g/mol. The van der Waals surface area contributed by atoms with Crippen LogP contribution in [0.15, 0.2) is 48.5 Å². The Hall–Kier alpha value is -2.60. The molecule has 0 aliphatic carbocycles. The molecule has 1 N–H and O–H groups in total. The largest absolute Gasteiger partial charge is 0.494 e. The van der Waals surface area contributed by atoms with Crippen molar-refractivity contribution in [3.8, 4) is 5.75 Å². The first kappa shape index (κ1) is 25.7. The number of nitrogens with zero attached hydrogens (tertiary/aromatic N) is 1. The number of rotatable bonds is 12. The minimum absolute atomic E-state index is 0.0205. The van der Waals surface area contributed by atoms with Crippen molar-refractivity contribution in [3.05, 3.63) is 64.9 Å². The van der Waals surface area contributed by atoms with Crippen molar-refractivity contribution >= 4 is 23.4 Å². The first-order chi connectivity index (χ1) is 15.3. The number of halogens is 2. The summed E-state index contributed by atoms with van der Waals surface area (Å²) in [5.41, 5.74) is 0.770. The molecular formula is C25H32ClFN2O3. The van der Waals surface area contributed by atoms with Gasteiger partial charge >= 0.3 is 0 Å². The Bertz CT molecular complexity index is 858. The Kier molecular flexibility index (Phi) is 10.5. The van der Waals surface area contributed by atoms with Gasteiger partial charge in [0.2, 0.25) is 11.8 Å². The van der Waals surface area contributed by atoms with Crippen molar-refractivity contribution < 1.29 is 18.7 Å². The quantitative estimate of drug-likeness (QED) is 0.432. The fraction of sp³-hybridized carbons (Fsp3) is 0.440. The summed E-state index contributed by atoms with van der Waals surface area (Å²) in [6, 6.07) is 12.5. The minimum atomic E-state index is -0.598. The Morgan fingerprint density at radius 2 is 1.72 bits per heavy atom. The molecule has 0 fully saturated rings. The summed E-state index contributed by atoms with van der Waals surface area (Å²) >= 11 is 5.87. The lowest BCUT2D eigenvalue weighted by Crippen LogP contribution is -2.50. The molecule has 0 aromatic heterocycles. The highest BCUT2D eigenvalue weighted by molar-refractivity contribution is 6.30. The van der Waals surface area contributed by atoms with Crippen LogP contribution >= 0.6 is 11.6 Å². The Morgan fingerprint density at radius 3 is 2.31 bits per heavy atom. The number of carbonyl (C=O) groups is 2. The van der Waals surface area contributed by atoms with Crippen LogP contribution in [-0.4, -0.2) is 35.4 Å². The van der Waals surface area contributed by atoms with E-state index in [1.54, 1.807) is 41.3 Å². The maximum atomic E-state index is 13.3. The molecule has 2 atom stereocenters. The first-order valence-corrected chi connectivity index (χ1v) is 11.4. The van der Waals surface area contributed by atoms with Crippen molar-refractivity contribution in [1.29, 1.82) is 0 Å². The van der Waals surface area contributed by atoms with Gasteiger partial charge in [-0.25, -0.2) is 4.39 Å². The topological polar surface area (TPSA) is 58.6 Å². The number of hydrogen-bond acceptors (Lipinski definition) is 3. The van der Waals surface area contributed by atoms with Crippen LogP contribution < -0.4 is 10.1 Å². The van der Waals surface area contributed by atoms with Crippen molar-refractivity contribution in [2.24, 2.45) is 0 Å². The predicted molar refractivity (Wildman–Crippen MR) is 125 cm³/mol. The molecule has 0 heterocycles. The molecule has 7 heteroatoms. The molecule has 2 aromatic rings. The molecule has 0 saturated carbocycles. The van der Waals surface area contributed by atoms with Gasteiger partial charge in [0.05, 0.1) is 6.61 Å². The summed E-state index contributed by atoms with van der Waals surface area (Å²) in [4.78, 5) is 27.6. The molecule has 0 aliphatic heterocycles. The van der Waals surface area contributed by atoms with Gasteiger partial charge in [0, 0.05) is 24.0 Å². The lowest BCUT2D eigenvalue weighted by atomic mass is 10.1. The Balaban J connectivity index is 2.05. The van der Waals surface area contributed by atoms with Crippen molar-refractivity contribution in [1.82, 2.24) is 10.2 Å². The monoisotopic (exact) mass is 462 g/mol. The molecule has 2 aromatic carbocycles. The van der Waals surface area contributed by atoms with Crippen molar-refractivity contribution in [2.45, 2.75) is 65.1 Å². The SMILES string of the molecule is CC[C@@H](C)NC(=O)[C@@H](CC)N(Cc1ccc(F)cc1)C(=O)CCCOc1ccc(Cl)cc1. The van der Waals surface area contributed by atoms with Gasteiger partial charge in [0.1, 0.15) is 17.6 Å². The van der Waals surface area contributed by atoms with Gasteiger partial charge in [0.15, 0.2) is 0 Å². The zero-order valence-corrected chi connectivity index (χ0v) is 19.7. The molecule has 0 saturated heterocycles. The molecule has 5 nitrogen and oxygen atoms in total. The second-order valence-corrected chi connectivity index (χ2v) is 8.23. The highest BCUT2D eigenvalue weighted by atomic mass is 35.5. The molecule has 0 bridgehead atoms. The summed E-state index contributed by atoms with van der Waals surface area (Å²) in [7, 11) is 0. The van der Waals surface area contributed by atoms with Crippen LogP contribution in [0.3, 0.4) is 0 Å². The third-order valence-corrected chi connectivity index (χ3v) is 5.52. The van der Waals surface area contributed by atoms with Crippen LogP contribution in [0.1, 0.15) is 52.0 Å². The van der Waals surface area contributed by atoms with Gasteiger partial charge in [-0.1, -0.05) is 37.6 Å². The maximum absolute atomic E-state index is 13.3. The van der Waals surface area contributed by atoms with Crippen LogP contribution in [0.5, 0.6) is 5.75 Å². The van der Waals surface area contributed by atoms with E-state index in [1.807, 2.05) is 20.8 Å². The molecule has 0 spiro atoms. The first-order valence-electron chi connectivity index (χ1n) is 11.1. The van der Waals surface area contributed by atoms with Crippen molar-refractivity contribution in [2.75, 3.05) is 6.61 Å². The van der Waals surface area contributed by atoms with Gasteiger partial charge in [-0.3, -0.25) is 9.59 Å². The van der Waals surface area contributed by atoms with E-state index in [0.29, 0.717) is 30.2 Å². The van der Waals surface area contributed by atoms with Gasteiger partial charge in [0.25, 0.3) is 0 Å². The van der Waals surface area contributed by atoms with Gasteiger partial charge < -0.3 is 15.0 Å². The van der Waals surface area contributed by atoms with E-state index in [9.17, 15) is 14.0 Å². The molecule has 0 unspecified atom stereocenters. The van der Waals surface area contributed by atoms with E-state index in [2.05, 4.69) is 5.32 Å². The minimum Gasteiger partial charge on any atom is -0.494 e. The number of amides is 2. The van der Waals surface area contributed by atoms with Crippen LogP contribution in [0.2, 0.25) is 5.02 Å². The lowest BCUT2D eigenvalue weighted by molar-refractivity contribution is -0.141. The summed E-state index contributed by atoms with van der Waals surface area (Å²) in [6.07, 6.45) is 2.03. The smallest absolute Gasteiger partial charge is 0.243 e. The molecule has 2 amide bonds. The summed E-state index contributed by atoms with van der Waals surface area (Å²) in [5, 5.41) is 3.61. The Morgan fingerprint density at radius 1 is 1.06 bits per heavy atom. The standard InChI is InChI=1S/C25H32ClFN2O3/c1-4-18(3)28-25(31)23(5-2)29(17-19-8-12-21(27)13-9-19)24(30)7-6-16-32-22-14-10-20(26)11-15-22/h8-15,18,23H,4-7,16-17H2,1-3H3,(H,28,31)/t18-,23-/m1/s1. The third-order valence-electron chi connectivity index (χ3n) is 5.27. The highest BCUT2D eigenvalue weighted by Crippen LogP contribution is 2.17. The fourth-order valence-corrected chi connectivity index (χ4v) is 3.36. The van der Waals surface area contributed by atoms with E-state index < -0.39 is 6.04 Å². The third kappa shape index (κ3) is 8.15. The average molecular weight is 463 g/mol. The van der Waals surface area contributed by atoms with Gasteiger partial charge in [-0.2, -0.15) is 0 Å². The normalized spacial score (nSPS) is 12.7. The van der Waals surface area contributed by atoms with Crippen molar-refractivity contribution in [3.63, 3.8) is 0 Å².